The predicted octanol–water partition coefficient (Wildman–Crippen LogP) is 5.74. The van der Waals surface area contributed by atoms with Crippen molar-refractivity contribution in [1.29, 1.82) is 0 Å². The van der Waals surface area contributed by atoms with Crippen LogP contribution in [0.15, 0.2) is 53.4 Å². The van der Waals surface area contributed by atoms with Gasteiger partial charge in [-0.1, -0.05) is 60.0 Å². The van der Waals surface area contributed by atoms with E-state index in [-0.39, 0.29) is 12.0 Å². The molecule has 0 fully saturated rings. The average Bonchev–Trinajstić information content (AvgIpc) is 2.84. The molecule has 0 aliphatic carbocycles. The highest BCUT2D eigenvalue weighted by Crippen LogP contribution is 2.59. The minimum absolute atomic E-state index is 0.116. The first-order chi connectivity index (χ1) is 15.0. The van der Waals surface area contributed by atoms with Gasteiger partial charge in [0.2, 0.25) is 0 Å². The van der Waals surface area contributed by atoms with Crippen LogP contribution in [0.1, 0.15) is 63.1 Å². The summed E-state index contributed by atoms with van der Waals surface area (Å²) < 4.78 is 29.1. The SMILES string of the molecule is CCOC(=O)CCCCCCNC1c2ccccc2N(CC)S(O)(O)c2ccccc21. The highest BCUT2D eigenvalue weighted by Gasteiger charge is 2.35. The Morgan fingerprint density at radius 2 is 1.68 bits per heavy atom. The van der Waals surface area contributed by atoms with Gasteiger partial charge in [0.1, 0.15) is 0 Å². The summed E-state index contributed by atoms with van der Waals surface area (Å²) in [6, 6.07) is 15.5. The molecule has 2 aromatic carbocycles. The van der Waals surface area contributed by atoms with E-state index in [0.29, 0.717) is 24.5 Å². The Morgan fingerprint density at radius 3 is 2.42 bits per heavy atom. The van der Waals surface area contributed by atoms with Crippen LogP contribution < -0.4 is 9.62 Å². The molecule has 0 radical (unpaired) electrons. The molecule has 31 heavy (non-hydrogen) atoms. The number of fused-ring (bicyclic) bond motifs is 2. The molecule has 7 heteroatoms. The number of carbonyl (C=O) groups is 1. The first-order valence-electron chi connectivity index (χ1n) is 11.1. The van der Waals surface area contributed by atoms with Crippen molar-refractivity contribution in [3.05, 3.63) is 59.7 Å². The number of unbranched alkanes of at least 4 members (excludes halogenated alkanes) is 3. The lowest BCUT2D eigenvalue weighted by Crippen LogP contribution is -2.27. The Bertz CT molecular complexity index is 874. The zero-order chi connectivity index (χ0) is 22.3. The topological polar surface area (TPSA) is 82.0 Å². The van der Waals surface area contributed by atoms with E-state index in [2.05, 4.69) is 11.4 Å². The van der Waals surface area contributed by atoms with Gasteiger partial charge in [-0.3, -0.25) is 18.2 Å². The molecule has 0 aromatic heterocycles. The average molecular weight is 447 g/mol. The number of hydrogen-bond acceptors (Lipinski definition) is 6. The number of nitrogens with one attached hydrogen (secondary N) is 1. The smallest absolute Gasteiger partial charge is 0.305 e. The van der Waals surface area contributed by atoms with Crippen molar-refractivity contribution in [2.24, 2.45) is 0 Å². The van der Waals surface area contributed by atoms with Gasteiger partial charge in [-0.05, 0) is 56.5 Å². The Kier molecular flexibility index (Phi) is 8.37. The molecule has 0 bridgehead atoms. The largest absolute Gasteiger partial charge is 0.466 e. The summed E-state index contributed by atoms with van der Waals surface area (Å²) in [5.74, 6) is -0.119. The van der Waals surface area contributed by atoms with Crippen LogP contribution in [-0.2, 0) is 9.53 Å². The summed E-state index contributed by atoms with van der Waals surface area (Å²) in [7, 11) is -3.12. The molecule has 6 nitrogen and oxygen atoms in total. The monoisotopic (exact) mass is 446 g/mol. The van der Waals surface area contributed by atoms with Crippen molar-refractivity contribution in [3.8, 4) is 0 Å². The lowest BCUT2D eigenvalue weighted by molar-refractivity contribution is -0.143. The van der Waals surface area contributed by atoms with E-state index in [0.717, 1.165) is 49.0 Å². The number of esters is 1. The van der Waals surface area contributed by atoms with Crippen LogP contribution in [0, 0.1) is 0 Å². The second-order valence-electron chi connectivity index (χ2n) is 7.67. The van der Waals surface area contributed by atoms with Crippen molar-refractivity contribution in [3.63, 3.8) is 0 Å². The standard InChI is InChI=1S/C24H34N2O4S/c1-3-26-21-15-10-8-13-19(21)24(20-14-9-11-16-22(20)31(26,28)29)25-18-12-6-5-7-17-23(27)30-4-2/h8-11,13-16,24-25,28-29H,3-7,12,17-18H2,1-2H3. The number of anilines is 1. The van der Waals surface area contributed by atoms with E-state index in [9.17, 15) is 13.9 Å². The molecule has 0 spiro atoms. The third-order valence-electron chi connectivity index (χ3n) is 5.60. The molecule has 3 rings (SSSR count). The molecule has 1 atom stereocenters. The molecule has 1 aliphatic rings. The summed E-state index contributed by atoms with van der Waals surface area (Å²) in [5, 5.41) is 3.65. The fourth-order valence-electron chi connectivity index (χ4n) is 4.15. The summed E-state index contributed by atoms with van der Waals surface area (Å²) in [6.45, 7) is 5.51. The third kappa shape index (κ3) is 5.41. The van der Waals surface area contributed by atoms with Gasteiger partial charge in [0, 0.05) is 13.0 Å². The second kappa shape index (κ2) is 11.0. The molecule has 1 heterocycles. The van der Waals surface area contributed by atoms with Crippen LogP contribution in [0.2, 0.25) is 0 Å². The van der Waals surface area contributed by atoms with Gasteiger partial charge in [-0.25, -0.2) is 0 Å². The molecule has 0 saturated carbocycles. The minimum atomic E-state index is -3.12. The molecule has 3 N–H and O–H groups in total. The second-order valence-corrected chi connectivity index (χ2v) is 9.58. The predicted molar refractivity (Wildman–Crippen MR) is 127 cm³/mol. The highest BCUT2D eigenvalue weighted by molar-refractivity contribution is 8.25. The molecular formula is C24H34N2O4S. The number of nitrogens with zero attached hydrogens (tertiary/aromatic N) is 1. The number of hydrogen-bond donors (Lipinski definition) is 3. The van der Waals surface area contributed by atoms with Gasteiger partial charge in [0.15, 0.2) is 0 Å². The zero-order valence-corrected chi connectivity index (χ0v) is 19.2. The third-order valence-corrected chi connectivity index (χ3v) is 7.63. The Hall–Kier alpha value is -2.06. The van der Waals surface area contributed by atoms with Crippen molar-refractivity contribution >= 4 is 22.4 Å². The molecule has 1 aliphatic heterocycles. The fourth-order valence-corrected chi connectivity index (χ4v) is 5.95. The van der Waals surface area contributed by atoms with Gasteiger partial charge >= 0.3 is 5.97 Å². The molecule has 0 saturated heterocycles. The molecule has 170 valence electrons. The Labute approximate surface area is 187 Å². The zero-order valence-electron chi connectivity index (χ0n) is 18.4. The van der Waals surface area contributed by atoms with E-state index in [1.165, 1.54) is 0 Å². The number of rotatable bonds is 10. The van der Waals surface area contributed by atoms with E-state index < -0.39 is 10.8 Å². The first-order valence-corrected chi connectivity index (χ1v) is 12.6. The van der Waals surface area contributed by atoms with E-state index in [4.69, 9.17) is 4.74 Å². The van der Waals surface area contributed by atoms with Gasteiger partial charge in [-0.2, -0.15) is 0 Å². The summed E-state index contributed by atoms with van der Waals surface area (Å²) in [5.41, 5.74) is 2.82. The molecule has 0 amide bonds. The van der Waals surface area contributed by atoms with Gasteiger partial charge in [0.25, 0.3) is 0 Å². The van der Waals surface area contributed by atoms with Crippen molar-refractivity contribution in [2.75, 3.05) is 24.0 Å². The van der Waals surface area contributed by atoms with Gasteiger partial charge < -0.3 is 10.1 Å². The fraction of sp³-hybridized carbons (Fsp3) is 0.458. The normalized spacial score (nSPS) is 17.9. The number of benzene rings is 2. The van der Waals surface area contributed by atoms with Crippen LogP contribution in [0.3, 0.4) is 0 Å². The van der Waals surface area contributed by atoms with Crippen LogP contribution >= 0.6 is 10.8 Å². The summed E-state index contributed by atoms with van der Waals surface area (Å²) in [4.78, 5) is 12.0. The molecule has 1 unspecified atom stereocenters. The summed E-state index contributed by atoms with van der Waals surface area (Å²) >= 11 is 0. The first kappa shape index (κ1) is 23.6. The quantitative estimate of drug-likeness (QED) is 0.319. The number of ether oxygens (including phenoxy) is 1. The lowest BCUT2D eigenvalue weighted by Gasteiger charge is -2.43. The maximum absolute atomic E-state index is 11.4. The Morgan fingerprint density at radius 1 is 1.00 bits per heavy atom. The van der Waals surface area contributed by atoms with Crippen LogP contribution in [-0.4, -0.2) is 34.8 Å². The van der Waals surface area contributed by atoms with Crippen molar-refractivity contribution < 1.29 is 18.6 Å². The van der Waals surface area contributed by atoms with Gasteiger partial charge in [0.05, 0.1) is 23.2 Å². The number of para-hydroxylation sites is 1. The Balaban J connectivity index is 1.71. The van der Waals surface area contributed by atoms with E-state index in [1.807, 2.05) is 56.3 Å². The van der Waals surface area contributed by atoms with Crippen LogP contribution in [0.4, 0.5) is 5.69 Å². The van der Waals surface area contributed by atoms with Crippen LogP contribution in [0.5, 0.6) is 0 Å². The van der Waals surface area contributed by atoms with E-state index in [1.54, 1.807) is 4.31 Å². The molecule has 2 aromatic rings. The minimum Gasteiger partial charge on any atom is -0.466 e. The maximum Gasteiger partial charge on any atom is 0.305 e. The van der Waals surface area contributed by atoms with Crippen LogP contribution in [0.25, 0.3) is 0 Å². The van der Waals surface area contributed by atoms with E-state index >= 15 is 0 Å². The van der Waals surface area contributed by atoms with Crippen molar-refractivity contribution in [1.82, 2.24) is 5.32 Å². The maximum atomic E-state index is 11.4. The summed E-state index contributed by atoms with van der Waals surface area (Å²) in [6.07, 6.45) is 4.33. The highest BCUT2D eigenvalue weighted by atomic mass is 32.3. The van der Waals surface area contributed by atoms with Gasteiger partial charge in [-0.15, -0.1) is 0 Å². The van der Waals surface area contributed by atoms with Crippen molar-refractivity contribution in [2.45, 2.75) is 56.9 Å². The lowest BCUT2D eigenvalue weighted by atomic mass is 9.96. The molecular weight excluding hydrogens is 412 g/mol. The number of carbonyl (C=O) groups excluding carboxylic acids is 1.